The van der Waals surface area contributed by atoms with E-state index in [4.69, 9.17) is 21.1 Å². The monoisotopic (exact) mass is 269 g/mol. The maximum Gasteiger partial charge on any atom is 0.182 e. The Morgan fingerprint density at radius 1 is 1.32 bits per heavy atom. The van der Waals surface area contributed by atoms with Crippen molar-refractivity contribution in [2.24, 2.45) is 0 Å². The highest BCUT2D eigenvalue weighted by Crippen LogP contribution is 2.09. The zero-order valence-corrected chi connectivity index (χ0v) is 9.97. The van der Waals surface area contributed by atoms with Gasteiger partial charge in [-0.1, -0.05) is 0 Å². The largest absolute Gasteiger partial charge is 0.394 e. The zero-order valence-electron chi connectivity index (χ0n) is 9.97. The van der Waals surface area contributed by atoms with E-state index in [0.29, 0.717) is 23.3 Å². The number of H-pyrrole nitrogens is 1. The van der Waals surface area contributed by atoms with Crippen LogP contribution in [0.2, 0.25) is 0 Å². The summed E-state index contributed by atoms with van der Waals surface area (Å²) in [5, 5.41) is 25.5. The number of rotatable bonds is 4. The van der Waals surface area contributed by atoms with Crippen LogP contribution in [0.3, 0.4) is 0 Å². The van der Waals surface area contributed by atoms with Crippen molar-refractivity contribution in [1.29, 1.82) is 0 Å². The highest BCUT2D eigenvalue weighted by atomic mass is 16.4. The topological polar surface area (TPSA) is 158 Å². The Bertz CT molecular complexity index is 517. The fraction of sp³-hybridized carbons (Fsp3) is 0.400. The van der Waals surface area contributed by atoms with Gasteiger partial charge in [0.1, 0.15) is 24.2 Å². The van der Waals surface area contributed by atoms with Crippen molar-refractivity contribution >= 4 is 23.3 Å². The van der Waals surface area contributed by atoms with E-state index in [9.17, 15) is 4.79 Å². The summed E-state index contributed by atoms with van der Waals surface area (Å²) in [5.41, 5.74) is 6.78. The molecule has 0 amide bonds. The number of aliphatic hydroxyl groups excluding tert-OH is 3. The summed E-state index contributed by atoms with van der Waals surface area (Å²) in [4.78, 5) is 24.0. The Labute approximate surface area is 108 Å². The van der Waals surface area contributed by atoms with Crippen LogP contribution >= 0.6 is 0 Å². The first kappa shape index (κ1) is 15.0. The van der Waals surface area contributed by atoms with E-state index in [-0.39, 0.29) is 6.42 Å². The van der Waals surface area contributed by atoms with Crippen LogP contribution in [0.15, 0.2) is 12.7 Å². The lowest BCUT2D eigenvalue weighted by atomic mass is 10.2. The molecule has 0 unspecified atom stereocenters. The molecule has 19 heavy (non-hydrogen) atoms. The molecule has 104 valence electrons. The molecule has 9 nitrogen and oxygen atoms in total. The van der Waals surface area contributed by atoms with Crippen molar-refractivity contribution in [3.05, 3.63) is 12.7 Å². The second-order valence-corrected chi connectivity index (χ2v) is 3.58. The number of imidazole rings is 1. The molecule has 2 atom stereocenters. The van der Waals surface area contributed by atoms with E-state index in [1.165, 1.54) is 12.7 Å². The Morgan fingerprint density at radius 2 is 2.05 bits per heavy atom. The number of carbonyl (C=O) groups is 1. The standard InChI is InChI=1S/C5H5N5.C5H10O4/c6-4-3-5(9-1-7-3)10-2-8-4;6-2-1-4(8)5(9)3-7/h1-2H,(H3,6,7,8,9,10);2,4-5,7-9H,1,3H2/t;4-,5+/m.0/s1. The molecular formula is C10H15N5O4. The Balaban J connectivity index is 0.000000192. The van der Waals surface area contributed by atoms with E-state index in [2.05, 4.69) is 19.9 Å². The number of anilines is 1. The van der Waals surface area contributed by atoms with Crippen LogP contribution < -0.4 is 5.73 Å². The van der Waals surface area contributed by atoms with Crippen molar-refractivity contribution in [3.63, 3.8) is 0 Å². The number of hydrogen-bond acceptors (Lipinski definition) is 8. The molecule has 2 heterocycles. The quantitative estimate of drug-likeness (QED) is 0.407. The number of aldehydes is 1. The van der Waals surface area contributed by atoms with Gasteiger partial charge in [-0.25, -0.2) is 15.0 Å². The van der Waals surface area contributed by atoms with Gasteiger partial charge in [-0.05, 0) is 0 Å². The fourth-order valence-corrected chi connectivity index (χ4v) is 1.16. The first-order chi connectivity index (χ1) is 9.10. The molecule has 0 aliphatic rings. The summed E-state index contributed by atoms with van der Waals surface area (Å²) < 4.78 is 0. The molecular weight excluding hydrogens is 254 g/mol. The smallest absolute Gasteiger partial charge is 0.182 e. The molecule has 0 bridgehead atoms. The molecule has 0 aliphatic heterocycles. The number of nitrogen functional groups attached to an aromatic ring is 1. The van der Waals surface area contributed by atoms with Crippen LogP contribution in [0.25, 0.3) is 11.2 Å². The molecule has 6 N–H and O–H groups in total. The fourth-order valence-electron chi connectivity index (χ4n) is 1.16. The zero-order chi connectivity index (χ0) is 14.3. The molecule has 2 aromatic heterocycles. The average molecular weight is 269 g/mol. The number of aromatic amines is 1. The minimum atomic E-state index is -1.20. The number of carbonyl (C=O) groups excluding carboxylic acids is 1. The van der Waals surface area contributed by atoms with Crippen molar-refractivity contribution in [2.75, 3.05) is 12.3 Å². The van der Waals surface area contributed by atoms with E-state index in [0.717, 1.165) is 0 Å². The lowest BCUT2D eigenvalue weighted by Gasteiger charge is -2.11. The van der Waals surface area contributed by atoms with Crippen LogP contribution in [-0.2, 0) is 4.79 Å². The van der Waals surface area contributed by atoms with Gasteiger partial charge in [-0.3, -0.25) is 0 Å². The summed E-state index contributed by atoms with van der Waals surface area (Å²) in [6.07, 6.45) is 0.946. The van der Waals surface area contributed by atoms with Gasteiger partial charge in [0, 0.05) is 6.42 Å². The molecule has 0 spiro atoms. The lowest BCUT2D eigenvalue weighted by Crippen LogP contribution is -2.29. The third-order valence-corrected chi connectivity index (χ3v) is 2.22. The van der Waals surface area contributed by atoms with Gasteiger partial charge in [0.05, 0.1) is 19.0 Å². The number of aromatic nitrogens is 4. The summed E-state index contributed by atoms with van der Waals surface area (Å²) in [6.45, 7) is -0.519. The highest BCUT2D eigenvalue weighted by molar-refractivity contribution is 5.80. The van der Waals surface area contributed by atoms with Crippen molar-refractivity contribution in [1.82, 2.24) is 19.9 Å². The third-order valence-electron chi connectivity index (χ3n) is 2.22. The van der Waals surface area contributed by atoms with Crippen LogP contribution in [-0.4, -0.2) is 60.4 Å². The third kappa shape index (κ3) is 4.25. The van der Waals surface area contributed by atoms with Gasteiger partial charge < -0.3 is 30.8 Å². The SMILES string of the molecule is Nc1ncnc2nc[nH]c12.O=CC[C@H](O)[C@H](O)CO. The number of aliphatic hydroxyl groups is 3. The normalized spacial score (nSPS) is 13.4. The molecule has 9 heteroatoms. The highest BCUT2D eigenvalue weighted by Gasteiger charge is 2.13. The van der Waals surface area contributed by atoms with Crippen LogP contribution in [0.1, 0.15) is 6.42 Å². The number of nitrogens with two attached hydrogens (primary N) is 1. The Kier molecular flexibility index (Phi) is 5.79. The molecule has 2 rings (SSSR count). The predicted octanol–water partition coefficient (Wildman–Crippen LogP) is -1.78. The first-order valence-corrected chi connectivity index (χ1v) is 5.40. The molecule has 0 aromatic carbocycles. The Hall–Kier alpha value is -2.10. The summed E-state index contributed by atoms with van der Waals surface area (Å²) in [7, 11) is 0. The lowest BCUT2D eigenvalue weighted by molar-refractivity contribution is -0.111. The maximum absolute atomic E-state index is 9.68. The van der Waals surface area contributed by atoms with E-state index in [1.807, 2.05) is 0 Å². The molecule has 0 fully saturated rings. The second kappa shape index (κ2) is 7.36. The van der Waals surface area contributed by atoms with Crippen LogP contribution in [0, 0.1) is 0 Å². The Morgan fingerprint density at radius 3 is 2.63 bits per heavy atom. The first-order valence-electron chi connectivity index (χ1n) is 5.40. The van der Waals surface area contributed by atoms with Crippen molar-refractivity contribution in [2.45, 2.75) is 18.6 Å². The van der Waals surface area contributed by atoms with E-state index >= 15 is 0 Å². The summed E-state index contributed by atoms with van der Waals surface area (Å²) in [5.74, 6) is 0.433. The molecule has 0 radical (unpaired) electrons. The number of fused-ring (bicyclic) bond motifs is 1. The van der Waals surface area contributed by atoms with Gasteiger partial charge in [0.2, 0.25) is 0 Å². The van der Waals surface area contributed by atoms with E-state index in [1.54, 1.807) is 0 Å². The van der Waals surface area contributed by atoms with Gasteiger partial charge in [0.25, 0.3) is 0 Å². The number of nitrogens with one attached hydrogen (secondary N) is 1. The maximum atomic E-state index is 9.68. The predicted molar refractivity (Wildman–Crippen MR) is 65.9 cm³/mol. The molecule has 0 aliphatic carbocycles. The van der Waals surface area contributed by atoms with Crippen LogP contribution in [0.5, 0.6) is 0 Å². The van der Waals surface area contributed by atoms with Crippen molar-refractivity contribution < 1.29 is 20.1 Å². The van der Waals surface area contributed by atoms with Crippen LogP contribution in [0.4, 0.5) is 5.82 Å². The van der Waals surface area contributed by atoms with Crippen molar-refractivity contribution in [3.8, 4) is 0 Å². The van der Waals surface area contributed by atoms with Gasteiger partial charge in [0.15, 0.2) is 11.5 Å². The average Bonchev–Trinajstić information content (AvgIpc) is 2.88. The minimum Gasteiger partial charge on any atom is -0.394 e. The van der Waals surface area contributed by atoms with Gasteiger partial charge >= 0.3 is 0 Å². The molecule has 0 saturated heterocycles. The summed E-state index contributed by atoms with van der Waals surface area (Å²) >= 11 is 0. The second-order valence-electron chi connectivity index (χ2n) is 3.58. The molecule has 2 aromatic rings. The summed E-state index contributed by atoms with van der Waals surface area (Å²) in [6, 6.07) is 0. The number of hydrogen-bond donors (Lipinski definition) is 5. The minimum absolute atomic E-state index is 0.137. The van der Waals surface area contributed by atoms with Gasteiger partial charge in [-0.15, -0.1) is 0 Å². The number of nitrogens with zero attached hydrogens (tertiary/aromatic N) is 3. The van der Waals surface area contributed by atoms with Gasteiger partial charge in [-0.2, -0.15) is 0 Å². The van der Waals surface area contributed by atoms with E-state index < -0.39 is 18.8 Å². The molecule has 0 saturated carbocycles.